The highest BCUT2D eigenvalue weighted by Crippen LogP contribution is 2.19. The van der Waals surface area contributed by atoms with E-state index in [0.717, 1.165) is 24.0 Å². The van der Waals surface area contributed by atoms with E-state index in [0.29, 0.717) is 19.1 Å². The Morgan fingerprint density at radius 2 is 2.20 bits per heavy atom. The summed E-state index contributed by atoms with van der Waals surface area (Å²) in [6.45, 7) is 8.44. The van der Waals surface area contributed by atoms with E-state index in [2.05, 4.69) is 35.9 Å². The summed E-state index contributed by atoms with van der Waals surface area (Å²) in [6.07, 6.45) is 7.94. The molecule has 1 aliphatic rings. The molecule has 1 amide bonds. The number of carboxylic acids is 1. The summed E-state index contributed by atoms with van der Waals surface area (Å²) in [5.41, 5.74) is 2.02. The number of nitrogens with one attached hydrogen (secondary N) is 1. The smallest absolute Gasteiger partial charge is 0.335 e. The van der Waals surface area contributed by atoms with E-state index in [1.807, 2.05) is 13.0 Å². The first-order chi connectivity index (χ1) is 11.9. The fourth-order valence-corrected chi connectivity index (χ4v) is 3.12. The molecule has 1 aliphatic heterocycles. The van der Waals surface area contributed by atoms with Gasteiger partial charge in [-0.05, 0) is 49.9 Å². The van der Waals surface area contributed by atoms with Crippen molar-refractivity contribution in [3.63, 3.8) is 0 Å². The Morgan fingerprint density at radius 1 is 1.44 bits per heavy atom. The molecule has 0 fully saturated rings. The van der Waals surface area contributed by atoms with Crippen LogP contribution in [0.1, 0.15) is 41.3 Å². The lowest BCUT2D eigenvalue weighted by Gasteiger charge is -2.36. The van der Waals surface area contributed by atoms with E-state index in [-0.39, 0.29) is 17.5 Å². The molecule has 1 aromatic rings. The van der Waals surface area contributed by atoms with E-state index in [4.69, 9.17) is 5.11 Å². The molecule has 0 saturated carbocycles. The molecule has 1 aromatic carbocycles. The predicted molar refractivity (Wildman–Crippen MR) is 98.5 cm³/mol. The molecule has 0 saturated heterocycles. The number of nitrogens with zero attached hydrogens (tertiary/aromatic N) is 1. The van der Waals surface area contributed by atoms with Crippen LogP contribution in [-0.4, -0.2) is 40.5 Å². The number of aromatic carboxylic acids is 1. The van der Waals surface area contributed by atoms with Crippen LogP contribution < -0.4 is 5.32 Å². The van der Waals surface area contributed by atoms with Crippen LogP contribution in [0, 0.1) is 6.92 Å². The van der Waals surface area contributed by atoms with Crippen LogP contribution in [0.4, 0.5) is 0 Å². The first kappa shape index (κ1) is 18.9. The molecule has 0 aromatic heterocycles. The number of carbonyl (C=O) groups is 2. The third kappa shape index (κ3) is 5.03. The number of hydrogen-bond donors (Lipinski definition) is 2. The molecule has 2 atom stereocenters. The summed E-state index contributed by atoms with van der Waals surface area (Å²) in [6, 6.07) is 5.46. The van der Waals surface area contributed by atoms with Gasteiger partial charge >= 0.3 is 5.97 Å². The van der Waals surface area contributed by atoms with E-state index in [1.54, 1.807) is 18.2 Å². The first-order valence-electron chi connectivity index (χ1n) is 8.55. The molecule has 1 heterocycles. The van der Waals surface area contributed by atoms with Gasteiger partial charge in [-0.25, -0.2) is 4.79 Å². The molecule has 134 valence electrons. The summed E-state index contributed by atoms with van der Waals surface area (Å²) < 4.78 is 0. The Bertz CT molecular complexity index is 682. The molecule has 0 aliphatic carbocycles. The molecular weight excluding hydrogens is 316 g/mol. The second-order valence-electron chi connectivity index (χ2n) is 6.48. The zero-order valence-electron chi connectivity index (χ0n) is 14.9. The molecule has 5 heteroatoms. The van der Waals surface area contributed by atoms with Crippen molar-refractivity contribution in [3.8, 4) is 0 Å². The van der Waals surface area contributed by atoms with E-state index < -0.39 is 5.97 Å². The fraction of sp³-hybridized carbons (Fsp3) is 0.400. The lowest BCUT2D eigenvalue weighted by Crippen LogP contribution is -2.48. The van der Waals surface area contributed by atoms with Gasteiger partial charge in [0.1, 0.15) is 0 Å². The maximum absolute atomic E-state index is 12.4. The number of rotatable bonds is 7. The second kappa shape index (κ2) is 8.62. The van der Waals surface area contributed by atoms with E-state index in [1.165, 1.54) is 0 Å². The van der Waals surface area contributed by atoms with Crippen molar-refractivity contribution < 1.29 is 14.7 Å². The van der Waals surface area contributed by atoms with Crippen LogP contribution in [0.25, 0.3) is 0 Å². The fourth-order valence-electron chi connectivity index (χ4n) is 3.12. The normalized spacial score (nSPS) is 20.2. The highest BCUT2D eigenvalue weighted by molar-refractivity contribution is 5.88. The van der Waals surface area contributed by atoms with Crippen molar-refractivity contribution in [2.45, 2.75) is 45.3 Å². The Morgan fingerprint density at radius 3 is 2.88 bits per heavy atom. The van der Waals surface area contributed by atoms with Crippen LogP contribution >= 0.6 is 0 Å². The minimum absolute atomic E-state index is 0.0589. The summed E-state index contributed by atoms with van der Waals surface area (Å²) >= 11 is 0. The lowest BCUT2D eigenvalue weighted by molar-refractivity contribution is -0.123. The summed E-state index contributed by atoms with van der Waals surface area (Å²) in [5, 5.41) is 12.0. The predicted octanol–water partition coefficient (Wildman–Crippen LogP) is 2.90. The standard InChI is InChI=1S/C20H26N2O3/c1-4-6-18-8-5-7-15(3)22(18)13-19(23)21-12-17-11-16(20(24)25)10-9-14(17)2/h4-5,7,9-11,15,18H,1,6,8,12-13H2,2-3H3,(H,21,23)(H,24,25)/t15-,18-/m1/s1. The van der Waals surface area contributed by atoms with Crippen molar-refractivity contribution in [2.75, 3.05) is 6.54 Å². The van der Waals surface area contributed by atoms with Gasteiger partial charge < -0.3 is 10.4 Å². The van der Waals surface area contributed by atoms with Gasteiger partial charge in [-0.15, -0.1) is 6.58 Å². The summed E-state index contributed by atoms with van der Waals surface area (Å²) in [7, 11) is 0. The SMILES string of the molecule is C=CC[C@@H]1CC=C[C@@H](C)N1CC(=O)NCc1cc(C(=O)O)ccc1C. The maximum Gasteiger partial charge on any atom is 0.335 e. The third-order valence-corrected chi connectivity index (χ3v) is 4.65. The molecule has 0 spiro atoms. The highest BCUT2D eigenvalue weighted by Gasteiger charge is 2.25. The molecule has 0 bridgehead atoms. The van der Waals surface area contributed by atoms with Crippen LogP contribution in [-0.2, 0) is 11.3 Å². The topological polar surface area (TPSA) is 69.6 Å². The van der Waals surface area contributed by atoms with Crippen molar-refractivity contribution >= 4 is 11.9 Å². The molecule has 2 rings (SSSR count). The highest BCUT2D eigenvalue weighted by atomic mass is 16.4. The molecule has 25 heavy (non-hydrogen) atoms. The summed E-state index contributed by atoms with van der Waals surface area (Å²) in [4.78, 5) is 25.7. The van der Waals surface area contributed by atoms with Crippen LogP contribution in [0.5, 0.6) is 0 Å². The van der Waals surface area contributed by atoms with Crippen molar-refractivity contribution in [1.82, 2.24) is 10.2 Å². The number of carboxylic acid groups (broad SMARTS) is 1. The molecule has 0 unspecified atom stereocenters. The molecule has 5 nitrogen and oxygen atoms in total. The Balaban J connectivity index is 1.98. The number of amides is 1. The lowest BCUT2D eigenvalue weighted by atomic mass is 10.0. The molecule has 2 N–H and O–H groups in total. The monoisotopic (exact) mass is 342 g/mol. The zero-order valence-corrected chi connectivity index (χ0v) is 14.9. The maximum atomic E-state index is 12.4. The van der Waals surface area contributed by atoms with Gasteiger partial charge in [0.05, 0.1) is 12.1 Å². The molecular formula is C20H26N2O3. The van der Waals surface area contributed by atoms with Crippen molar-refractivity contribution in [3.05, 3.63) is 59.7 Å². The van der Waals surface area contributed by atoms with Crippen LogP contribution in [0.3, 0.4) is 0 Å². The van der Waals surface area contributed by atoms with Crippen LogP contribution in [0.15, 0.2) is 43.0 Å². The average Bonchev–Trinajstić information content (AvgIpc) is 2.57. The van der Waals surface area contributed by atoms with Crippen molar-refractivity contribution in [1.29, 1.82) is 0 Å². The number of hydrogen-bond acceptors (Lipinski definition) is 3. The number of aryl methyl sites for hydroxylation is 1. The second-order valence-corrected chi connectivity index (χ2v) is 6.48. The number of benzene rings is 1. The van der Waals surface area contributed by atoms with Gasteiger partial charge in [-0.1, -0.05) is 24.3 Å². The van der Waals surface area contributed by atoms with Crippen LogP contribution in [0.2, 0.25) is 0 Å². The quantitative estimate of drug-likeness (QED) is 0.748. The van der Waals surface area contributed by atoms with E-state index >= 15 is 0 Å². The minimum atomic E-state index is -0.964. The third-order valence-electron chi connectivity index (χ3n) is 4.65. The van der Waals surface area contributed by atoms with Gasteiger partial charge in [0.2, 0.25) is 5.91 Å². The zero-order chi connectivity index (χ0) is 18.4. The number of carbonyl (C=O) groups excluding carboxylic acids is 1. The van der Waals surface area contributed by atoms with E-state index in [9.17, 15) is 9.59 Å². The van der Waals surface area contributed by atoms with Gasteiger partial charge in [0.25, 0.3) is 0 Å². The Labute approximate surface area is 149 Å². The first-order valence-corrected chi connectivity index (χ1v) is 8.55. The largest absolute Gasteiger partial charge is 0.478 e. The summed E-state index contributed by atoms with van der Waals surface area (Å²) in [5.74, 6) is -1.02. The van der Waals surface area contributed by atoms with Crippen molar-refractivity contribution in [2.24, 2.45) is 0 Å². The van der Waals surface area contributed by atoms with Gasteiger partial charge in [0.15, 0.2) is 0 Å². The average molecular weight is 342 g/mol. The Kier molecular flexibility index (Phi) is 6.53. The molecule has 0 radical (unpaired) electrons. The van der Waals surface area contributed by atoms with Gasteiger partial charge in [0, 0.05) is 18.6 Å². The van der Waals surface area contributed by atoms with Gasteiger partial charge in [-0.2, -0.15) is 0 Å². The Hall–Kier alpha value is -2.40. The van der Waals surface area contributed by atoms with Gasteiger partial charge in [-0.3, -0.25) is 9.69 Å². The minimum Gasteiger partial charge on any atom is -0.478 e.